The Kier molecular flexibility index (Phi) is 6.93. The number of urea groups is 1. The van der Waals surface area contributed by atoms with Crippen LogP contribution in [-0.2, 0) is 24.9 Å². The van der Waals surface area contributed by atoms with E-state index >= 15 is 0 Å². The predicted molar refractivity (Wildman–Crippen MR) is 132 cm³/mol. The van der Waals surface area contributed by atoms with E-state index in [4.69, 9.17) is 4.74 Å². The predicted octanol–water partition coefficient (Wildman–Crippen LogP) is 5.57. The summed E-state index contributed by atoms with van der Waals surface area (Å²) in [5.74, 6) is 0. The van der Waals surface area contributed by atoms with Crippen LogP contribution in [0.2, 0.25) is 0 Å². The minimum absolute atomic E-state index is 0.0901. The van der Waals surface area contributed by atoms with Crippen molar-refractivity contribution in [1.29, 1.82) is 0 Å². The average molecular weight is 448 g/mol. The number of rotatable bonds is 8. The lowest BCUT2D eigenvalue weighted by atomic mass is 10.1. The fraction of sp³-hybridized carbons (Fsp3) is 0.269. The number of methoxy groups -OCH3 is 1. The highest BCUT2D eigenvalue weighted by Crippen LogP contribution is 2.36. The average Bonchev–Trinajstić information content (AvgIpc) is 3.43. The second-order valence-corrected chi connectivity index (χ2v) is 8.89. The number of nitrogens with one attached hydrogen (secondary N) is 1. The Bertz CT molecular complexity index is 1180. The normalized spacial score (nSPS) is 11.1. The summed E-state index contributed by atoms with van der Waals surface area (Å²) in [5.41, 5.74) is 5.78. The number of nitrogens with zero attached hydrogens (tertiary/aromatic N) is 2. The third-order valence-electron chi connectivity index (χ3n) is 5.73. The molecule has 0 saturated heterocycles. The van der Waals surface area contributed by atoms with Gasteiger partial charge in [0.25, 0.3) is 0 Å². The van der Waals surface area contributed by atoms with Gasteiger partial charge in [-0.3, -0.25) is 0 Å². The highest BCUT2D eigenvalue weighted by molar-refractivity contribution is 7.13. The molecule has 0 radical (unpaired) electrons. The number of hydrogen-bond acceptors (Lipinski definition) is 3. The number of ether oxygens (including phenoxy) is 1. The third-order valence-corrected chi connectivity index (χ3v) is 6.61. The van der Waals surface area contributed by atoms with Crippen LogP contribution >= 0.6 is 11.3 Å². The molecule has 4 rings (SSSR count). The number of hydrogen-bond donors (Lipinski definition) is 1. The molecule has 0 saturated carbocycles. The minimum Gasteiger partial charge on any atom is -0.383 e. The summed E-state index contributed by atoms with van der Waals surface area (Å²) in [6.45, 7) is 4.07. The number of thiophene rings is 1. The van der Waals surface area contributed by atoms with Crippen LogP contribution in [0.1, 0.15) is 16.7 Å². The Balaban J connectivity index is 1.63. The van der Waals surface area contributed by atoms with E-state index in [0.717, 1.165) is 22.3 Å². The molecule has 0 fully saturated rings. The minimum atomic E-state index is -0.0901. The van der Waals surface area contributed by atoms with Crippen molar-refractivity contribution in [2.75, 3.05) is 20.3 Å². The van der Waals surface area contributed by atoms with Crippen molar-refractivity contribution in [3.05, 3.63) is 82.7 Å². The summed E-state index contributed by atoms with van der Waals surface area (Å²) in [5, 5.41) is 6.35. The van der Waals surface area contributed by atoms with Gasteiger partial charge in [0.05, 0.1) is 23.7 Å². The molecule has 2 heterocycles. The van der Waals surface area contributed by atoms with E-state index in [9.17, 15) is 4.79 Å². The van der Waals surface area contributed by atoms with Gasteiger partial charge >= 0.3 is 6.03 Å². The third kappa shape index (κ3) is 4.71. The van der Waals surface area contributed by atoms with Gasteiger partial charge in [0, 0.05) is 43.7 Å². The van der Waals surface area contributed by atoms with E-state index in [-0.39, 0.29) is 6.03 Å². The Morgan fingerprint density at radius 2 is 1.88 bits per heavy atom. The maximum Gasteiger partial charge on any atom is 0.318 e. The number of fused-ring (bicyclic) bond motifs is 1. The number of carbonyl (C=O) groups is 1. The topological polar surface area (TPSA) is 46.5 Å². The molecule has 2 amide bonds. The molecule has 1 N–H and O–H groups in total. The largest absolute Gasteiger partial charge is 0.383 e. The molecule has 0 bridgehead atoms. The fourth-order valence-corrected chi connectivity index (χ4v) is 4.83. The zero-order valence-corrected chi connectivity index (χ0v) is 19.6. The molecule has 0 aliphatic heterocycles. The van der Waals surface area contributed by atoms with Gasteiger partial charge in [0.2, 0.25) is 0 Å². The molecule has 2 aromatic heterocycles. The van der Waals surface area contributed by atoms with Crippen LogP contribution in [0.25, 0.3) is 21.5 Å². The van der Waals surface area contributed by atoms with E-state index in [0.29, 0.717) is 26.2 Å². The van der Waals surface area contributed by atoms with Crippen LogP contribution in [0.4, 0.5) is 4.79 Å². The van der Waals surface area contributed by atoms with Gasteiger partial charge in [-0.15, -0.1) is 11.3 Å². The first kappa shape index (κ1) is 22.1. The highest BCUT2D eigenvalue weighted by atomic mass is 32.1. The van der Waals surface area contributed by atoms with Crippen LogP contribution < -0.4 is 5.32 Å². The maximum atomic E-state index is 13.2. The molecular weight excluding hydrogens is 418 g/mol. The molecule has 0 aliphatic carbocycles. The van der Waals surface area contributed by atoms with Gasteiger partial charge in [-0.05, 0) is 30.0 Å². The Hall–Kier alpha value is -3.09. The SMILES string of the molecule is COCCN(Cc1c(-c2cccs2)n(C)c2ccccc12)C(=O)NCc1ccc(C)cc1. The molecule has 0 atom stereocenters. The van der Waals surface area contributed by atoms with Crippen molar-refractivity contribution in [3.8, 4) is 10.6 Å². The molecule has 5 nitrogen and oxygen atoms in total. The smallest absolute Gasteiger partial charge is 0.318 e. The lowest BCUT2D eigenvalue weighted by Gasteiger charge is -2.23. The summed E-state index contributed by atoms with van der Waals surface area (Å²) >= 11 is 1.72. The number of benzene rings is 2. The van der Waals surface area contributed by atoms with Gasteiger partial charge in [-0.25, -0.2) is 4.79 Å². The van der Waals surface area contributed by atoms with Gasteiger partial charge in [-0.2, -0.15) is 0 Å². The maximum absolute atomic E-state index is 13.2. The van der Waals surface area contributed by atoms with Crippen LogP contribution in [0.15, 0.2) is 66.0 Å². The summed E-state index contributed by atoms with van der Waals surface area (Å²) in [7, 11) is 3.76. The van der Waals surface area contributed by atoms with E-state index in [2.05, 4.69) is 89.9 Å². The Morgan fingerprint density at radius 3 is 2.59 bits per heavy atom. The van der Waals surface area contributed by atoms with Crippen LogP contribution in [0, 0.1) is 6.92 Å². The van der Waals surface area contributed by atoms with Crippen molar-refractivity contribution in [2.24, 2.45) is 7.05 Å². The van der Waals surface area contributed by atoms with Crippen LogP contribution in [-0.4, -0.2) is 35.8 Å². The van der Waals surface area contributed by atoms with Crippen molar-refractivity contribution in [1.82, 2.24) is 14.8 Å². The lowest BCUT2D eigenvalue weighted by Crippen LogP contribution is -2.41. The van der Waals surface area contributed by atoms with Gasteiger partial charge < -0.3 is 19.5 Å². The van der Waals surface area contributed by atoms with E-state index in [1.807, 2.05) is 4.90 Å². The zero-order valence-electron chi connectivity index (χ0n) is 18.8. The number of carbonyl (C=O) groups excluding carboxylic acids is 1. The van der Waals surface area contributed by atoms with Gasteiger partial charge in [0.15, 0.2) is 0 Å². The summed E-state index contributed by atoms with van der Waals surface area (Å²) in [6.07, 6.45) is 0. The van der Waals surface area contributed by atoms with Gasteiger partial charge in [0.1, 0.15) is 0 Å². The van der Waals surface area contributed by atoms with Crippen molar-refractivity contribution in [3.63, 3.8) is 0 Å². The number of para-hydroxylation sites is 1. The fourth-order valence-electron chi connectivity index (χ4n) is 4.00. The van der Waals surface area contributed by atoms with Gasteiger partial charge in [-0.1, -0.05) is 54.1 Å². The molecule has 4 aromatic rings. The number of aryl methyl sites for hydroxylation is 2. The van der Waals surface area contributed by atoms with Crippen molar-refractivity contribution in [2.45, 2.75) is 20.0 Å². The Morgan fingerprint density at radius 1 is 1.09 bits per heavy atom. The molecule has 6 heteroatoms. The van der Waals surface area contributed by atoms with Crippen molar-refractivity contribution < 1.29 is 9.53 Å². The molecule has 2 aromatic carbocycles. The highest BCUT2D eigenvalue weighted by Gasteiger charge is 2.22. The standard InChI is InChI=1S/C26H29N3O2S/c1-19-10-12-20(13-11-19)17-27-26(30)29(14-15-31-3)18-22-21-7-4-5-8-23(21)28(2)25(22)24-9-6-16-32-24/h4-13,16H,14-15,17-18H2,1-3H3,(H,27,30). The van der Waals surface area contributed by atoms with E-state index in [1.54, 1.807) is 18.4 Å². The first-order valence-corrected chi connectivity index (χ1v) is 11.6. The molecule has 32 heavy (non-hydrogen) atoms. The van der Waals surface area contributed by atoms with E-state index < -0.39 is 0 Å². The quantitative estimate of drug-likeness (QED) is 0.384. The molecule has 0 aliphatic rings. The lowest BCUT2D eigenvalue weighted by molar-refractivity contribution is 0.146. The first-order chi connectivity index (χ1) is 15.6. The number of aromatic nitrogens is 1. The molecule has 166 valence electrons. The van der Waals surface area contributed by atoms with Crippen LogP contribution in [0.5, 0.6) is 0 Å². The first-order valence-electron chi connectivity index (χ1n) is 10.8. The Labute approximate surface area is 193 Å². The summed E-state index contributed by atoms with van der Waals surface area (Å²) < 4.78 is 7.54. The van der Waals surface area contributed by atoms with E-state index in [1.165, 1.54) is 15.8 Å². The molecule has 0 unspecified atom stereocenters. The summed E-state index contributed by atoms with van der Waals surface area (Å²) in [4.78, 5) is 16.2. The zero-order chi connectivity index (χ0) is 22.5. The second kappa shape index (κ2) is 10.0. The second-order valence-electron chi connectivity index (χ2n) is 7.94. The van der Waals surface area contributed by atoms with Crippen molar-refractivity contribution >= 4 is 28.3 Å². The molecular formula is C26H29N3O2S. The number of amides is 2. The van der Waals surface area contributed by atoms with Crippen LogP contribution in [0.3, 0.4) is 0 Å². The monoisotopic (exact) mass is 447 g/mol. The molecule has 0 spiro atoms. The summed E-state index contributed by atoms with van der Waals surface area (Å²) in [6, 6.07) is 20.7.